The molecule has 1 unspecified atom stereocenters. The largest absolute Gasteiger partial charge is 0.389 e. The highest BCUT2D eigenvalue weighted by Crippen LogP contribution is 2.66. The molecule has 6 rings (SSSR count). The molecule has 1 aromatic rings. The van der Waals surface area contributed by atoms with Crippen molar-refractivity contribution >= 4 is 5.69 Å². The molecular formula is C30H37NO2. The summed E-state index contributed by atoms with van der Waals surface area (Å²) in [5.74, 6) is 7.67. The molecule has 0 amide bonds. The molecule has 0 bridgehead atoms. The van der Waals surface area contributed by atoms with E-state index in [1.54, 1.807) is 11.1 Å². The van der Waals surface area contributed by atoms with Gasteiger partial charge in [-0.1, -0.05) is 36.6 Å². The molecule has 3 heteroatoms. The quantitative estimate of drug-likeness (QED) is 0.592. The zero-order chi connectivity index (χ0) is 23.0. The number of hydrogen-bond acceptors (Lipinski definition) is 3. The summed E-state index contributed by atoms with van der Waals surface area (Å²) >= 11 is 0. The Morgan fingerprint density at radius 3 is 2.79 bits per heavy atom. The third kappa shape index (κ3) is 3.03. The van der Waals surface area contributed by atoms with Crippen LogP contribution in [0.25, 0.3) is 0 Å². The maximum atomic E-state index is 11.8. The topological polar surface area (TPSA) is 43.7 Å². The molecule has 2 N–H and O–H groups in total. The smallest absolute Gasteiger partial charge is 0.131 e. The summed E-state index contributed by atoms with van der Waals surface area (Å²) in [5, 5.41) is 22.1. The lowest BCUT2D eigenvalue weighted by molar-refractivity contribution is -0.0514. The van der Waals surface area contributed by atoms with Gasteiger partial charge in [-0.05, 0) is 98.5 Å². The molecule has 33 heavy (non-hydrogen) atoms. The van der Waals surface area contributed by atoms with Crippen LogP contribution in [-0.2, 0) is 6.42 Å². The maximum Gasteiger partial charge on any atom is 0.131 e. The lowest BCUT2D eigenvalue weighted by Gasteiger charge is -2.54. The van der Waals surface area contributed by atoms with E-state index in [4.69, 9.17) is 0 Å². The van der Waals surface area contributed by atoms with E-state index in [0.29, 0.717) is 17.8 Å². The van der Waals surface area contributed by atoms with E-state index < -0.39 is 5.60 Å². The van der Waals surface area contributed by atoms with Crippen molar-refractivity contribution < 1.29 is 10.2 Å². The van der Waals surface area contributed by atoms with Crippen molar-refractivity contribution in [2.24, 2.45) is 17.3 Å². The molecule has 2 fully saturated rings. The molecule has 4 aliphatic carbocycles. The van der Waals surface area contributed by atoms with Crippen molar-refractivity contribution in [3.05, 3.63) is 52.1 Å². The van der Waals surface area contributed by atoms with Gasteiger partial charge in [0.05, 0.1) is 6.10 Å². The molecule has 0 radical (unpaired) electrons. The van der Waals surface area contributed by atoms with Crippen molar-refractivity contribution in [3.63, 3.8) is 0 Å². The monoisotopic (exact) mass is 443 g/mol. The lowest BCUT2D eigenvalue weighted by Crippen LogP contribution is -2.51. The molecular weight excluding hydrogens is 406 g/mol. The number of hydrogen-bond donors (Lipinski definition) is 2. The van der Waals surface area contributed by atoms with Gasteiger partial charge in [-0.3, -0.25) is 0 Å². The molecule has 2 saturated carbocycles. The normalized spacial score (nSPS) is 39.2. The van der Waals surface area contributed by atoms with Gasteiger partial charge < -0.3 is 15.1 Å². The summed E-state index contributed by atoms with van der Waals surface area (Å²) < 4.78 is 0. The minimum atomic E-state index is -0.892. The van der Waals surface area contributed by atoms with Gasteiger partial charge in [0, 0.05) is 30.6 Å². The number of fused-ring (bicyclic) bond motifs is 5. The van der Waals surface area contributed by atoms with Crippen molar-refractivity contribution in [1.82, 2.24) is 0 Å². The van der Waals surface area contributed by atoms with E-state index in [1.165, 1.54) is 22.4 Å². The first-order valence-corrected chi connectivity index (χ1v) is 13.0. The molecule has 0 spiro atoms. The van der Waals surface area contributed by atoms with Crippen LogP contribution in [0.4, 0.5) is 5.69 Å². The third-order valence-corrected chi connectivity index (χ3v) is 9.98. The lowest BCUT2D eigenvalue weighted by atomic mass is 9.51. The molecule has 1 aliphatic heterocycles. The second-order valence-corrected chi connectivity index (χ2v) is 11.5. The van der Waals surface area contributed by atoms with Crippen LogP contribution in [0.3, 0.4) is 0 Å². The van der Waals surface area contributed by atoms with Crippen LogP contribution in [0.2, 0.25) is 0 Å². The third-order valence-electron chi connectivity index (χ3n) is 9.98. The Balaban J connectivity index is 1.52. The Bertz CT molecular complexity index is 1120. The average Bonchev–Trinajstić information content (AvgIpc) is 3.29. The average molecular weight is 444 g/mol. The second kappa shape index (κ2) is 7.49. The molecule has 3 nitrogen and oxygen atoms in total. The number of anilines is 1. The molecule has 5 aliphatic rings. The fourth-order valence-electron chi connectivity index (χ4n) is 8.30. The van der Waals surface area contributed by atoms with E-state index in [9.17, 15) is 10.2 Å². The fraction of sp³-hybridized carbons (Fsp3) is 0.600. The van der Waals surface area contributed by atoms with Crippen molar-refractivity contribution in [3.8, 4) is 11.8 Å². The van der Waals surface area contributed by atoms with Crippen LogP contribution in [0.5, 0.6) is 0 Å². The van der Waals surface area contributed by atoms with Crippen LogP contribution in [0.15, 0.2) is 41.0 Å². The van der Waals surface area contributed by atoms with Gasteiger partial charge in [0.2, 0.25) is 0 Å². The highest BCUT2D eigenvalue weighted by atomic mass is 16.3. The fourth-order valence-corrected chi connectivity index (χ4v) is 8.30. The highest BCUT2D eigenvalue weighted by Gasteiger charge is 2.62. The number of rotatable bonds is 1. The van der Waals surface area contributed by atoms with Gasteiger partial charge in [-0.15, -0.1) is 5.92 Å². The predicted molar refractivity (Wildman–Crippen MR) is 133 cm³/mol. The Labute approximate surface area is 198 Å². The molecule has 6 atom stereocenters. The highest BCUT2D eigenvalue weighted by molar-refractivity contribution is 5.60. The van der Waals surface area contributed by atoms with E-state index >= 15 is 0 Å². The van der Waals surface area contributed by atoms with Crippen molar-refractivity contribution in [1.29, 1.82) is 0 Å². The molecule has 1 heterocycles. The summed E-state index contributed by atoms with van der Waals surface area (Å²) in [6.07, 6.45) is 9.80. The van der Waals surface area contributed by atoms with Gasteiger partial charge in [-0.2, -0.15) is 0 Å². The Hall–Kier alpha value is -2.02. The summed E-state index contributed by atoms with van der Waals surface area (Å²) in [6, 6.07) is 7.14. The molecule has 0 aromatic heterocycles. The Kier molecular flexibility index (Phi) is 4.88. The van der Waals surface area contributed by atoms with E-state index in [2.05, 4.69) is 55.0 Å². The number of allylic oxidation sites excluding steroid dienone is 3. The maximum absolute atomic E-state index is 11.8. The van der Waals surface area contributed by atoms with Gasteiger partial charge in [0.25, 0.3) is 0 Å². The summed E-state index contributed by atoms with van der Waals surface area (Å²) in [4.78, 5) is 2.36. The Morgan fingerprint density at radius 2 is 1.97 bits per heavy atom. The van der Waals surface area contributed by atoms with Crippen molar-refractivity contribution in [2.45, 2.75) is 82.8 Å². The van der Waals surface area contributed by atoms with Crippen LogP contribution in [-0.4, -0.2) is 35.5 Å². The predicted octanol–water partition coefficient (Wildman–Crippen LogP) is 5.12. The number of nitrogens with zero attached hydrogens (tertiary/aromatic N) is 1. The van der Waals surface area contributed by atoms with E-state index in [-0.39, 0.29) is 11.5 Å². The molecule has 174 valence electrons. The second-order valence-electron chi connectivity index (χ2n) is 11.5. The first-order valence-electron chi connectivity index (χ1n) is 13.0. The van der Waals surface area contributed by atoms with E-state index in [0.717, 1.165) is 57.9 Å². The number of benzene rings is 1. The van der Waals surface area contributed by atoms with Gasteiger partial charge in [0.1, 0.15) is 5.60 Å². The minimum Gasteiger partial charge on any atom is -0.389 e. The van der Waals surface area contributed by atoms with Gasteiger partial charge in [0.15, 0.2) is 0 Å². The van der Waals surface area contributed by atoms with Crippen molar-refractivity contribution in [2.75, 3.05) is 18.5 Å². The number of aliphatic hydroxyl groups excluding tert-OH is 1. The summed E-state index contributed by atoms with van der Waals surface area (Å²) in [5.41, 5.74) is 7.74. The summed E-state index contributed by atoms with van der Waals surface area (Å²) in [7, 11) is 2.19. The van der Waals surface area contributed by atoms with Gasteiger partial charge >= 0.3 is 0 Å². The SMILES string of the molecule is CC#C[C@]1(O)CC[C@H]2[C@@H]3CCC4=CC(O)CCC4=C3[C@@H](c3ccc4c(c3)CCN4C)C[C@@]21C. The zero-order valence-electron chi connectivity index (χ0n) is 20.3. The Morgan fingerprint density at radius 1 is 1.12 bits per heavy atom. The van der Waals surface area contributed by atoms with Crippen LogP contribution < -0.4 is 4.90 Å². The van der Waals surface area contributed by atoms with Gasteiger partial charge in [-0.25, -0.2) is 0 Å². The van der Waals surface area contributed by atoms with Crippen LogP contribution in [0.1, 0.15) is 75.8 Å². The first-order chi connectivity index (χ1) is 15.8. The first kappa shape index (κ1) is 21.5. The van der Waals surface area contributed by atoms with E-state index in [1.807, 2.05) is 6.92 Å². The molecule has 0 saturated heterocycles. The zero-order valence-corrected chi connectivity index (χ0v) is 20.3. The number of likely N-dealkylation sites (N-methyl/N-ethyl adjacent to an activating group) is 1. The molecule has 1 aromatic carbocycles. The standard InChI is InChI=1S/C30H37NO2/c1-4-13-30(33)14-11-26-24-8-5-20-17-22(32)7-9-23(20)28(24)25(18-29(26,30)2)19-6-10-27-21(16-19)12-15-31(27)3/h6,10,16-17,22,24-26,32-33H,5,7-9,11-12,14-15,18H2,1-3H3/t22?,24-,25+,26-,29-,30-/m0/s1. The number of aliphatic hydroxyl groups is 2. The summed E-state index contributed by atoms with van der Waals surface area (Å²) in [6.45, 7) is 5.29. The van der Waals surface area contributed by atoms with Crippen LogP contribution in [0, 0.1) is 29.1 Å². The van der Waals surface area contributed by atoms with Crippen LogP contribution >= 0.6 is 0 Å². The minimum absolute atomic E-state index is 0.194.